The molecule has 0 saturated carbocycles. The van der Waals surface area contributed by atoms with E-state index in [9.17, 15) is 30.3 Å². The highest BCUT2D eigenvalue weighted by Crippen LogP contribution is 2.29. The van der Waals surface area contributed by atoms with E-state index in [1.807, 2.05) is 0 Å². The molecule has 3 rings (SSSR count). The summed E-state index contributed by atoms with van der Waals surface area (Å²) in [7, 11) is 0. The summed E-state index contributed by atoms with van der Waals surface area (Å²) in [5.41, 5.74) is 0.538. The molecule has 1 fully saturated rings. The summed E-state index contributed by atoms with van der Waals surface area (Å²) in [4.78, 5) is 12.1. The molecule has 2 aromatic carbocycles. The Bertz CT molecular complexity index is 826. The van der Waals surface area contributed by atoms with Crippen LogP contribution in [0.1, 0.15) is 15.9 Å². The minimum absolute atomic E-state index is 0.0901. The van der Waals surface area contributed by atoms with Gasteiger partial charge in [-0.3, -0.25) is 0 Å². The third-order valence-electron chi connectivity index (χ3n) is 4.51. The van der Waals surface area contributed by atoms with Gasteiger partial charge in [-0.15, -0.1) is 0 Å². The normalized spacial score (nSPS) is 26.7. The Labute approximate surface area is 166 Å². The van der Waals surface area contributed by atoms with Gasteiger partial charge >= 0.3 is 5.97 Å². The molecule has 5 N–H and O–H groups in total. The largest absolute Gasteiger partial charge is 0.508 e. The van der Waals surface area contributed by atoms with Crippen LogP contribution in [0.15, 0.2) is 48.5 Å². The van der Waals surface area contributed by atoms with E-state index in [0.717, 1.165) is 0 Å². The number of aliphatic hydroxyl groups is 4. The van der Waals surface area contributed by atoms with Crippen molar-refractivity contribution in [1.82, 2.24) is 0 Å². The Kier molecular flexibility index (Phi) is 6.68. The molecule has 0 unspecified atom stereocenters. The summed E-state index contributed by atoms with van der Waals surface area (Å²) >= 11 is 0. The minimum Gasteiger partial charge on any atom is -0.508 e. The first kappa shape index (κ1) is 21.0. The third kappa shape index (κ3) is 4.84. The molecule has 5 atom stereocenters. The lowest BCUT2D eigenvalue weighted by atomic mass is 9.99. The van der Waals surface area contributed by atoms with E-state index in [1.54, 1.807) is 30.3 Å². The minimum atomic E-state index is -1.62. The maximum atomic E-state index is 12.1. The first-order chi connectivity index (χ1) is 13.9. The van der Waals surface area contributed by atoms with Crippen LogP contribution in [-0.2, 0) is 16.1 Å². The van der Waals surface area contributed by atoms with Crippen LogP contribution in [0.3, 0.4) is 0 Å². The fourth-order valence-electron chi connectivity index (χ4n) is 2.90. The van der Waals surface area contributed by atoms with Crippen molar-refractivity contribution in [2.24, 2.45) is 0 Å². The Hall–Kier alpha value is -2.69. The number of aromatic hydroxyl groups is 1. The molecule has 0 aliphatic carbocycles. The zero-order chi connectivity index (χ0) is 21.0. The molecule has 0 spiro atoms. The Morgan fingerprint density at radius 2 is 1.72 bits per heavy atom. The van der Waals surface area contributed by atoms with Crippen LogP contribution in [0.25, 0.3) is 0 Å². The average molecular weight is 406 g/mol. The standard InChI is InChI=1S/C20H22O9/c21-9-12-8-13(22)6-7-14(12)28-20-18(25)17(24)16(23)15(29-20)10-27-19(26)11-4-2-1-3-5-11/h1-8,15-18,20-25H,9-10H2/t15-,16+,17-,18+,20+/m0/s1. The molecule has 9 nitrogen and oxygen atoms in total. The quantitative estimate of drug-likeness (QED) is 0.416. The van der Waals surface area contributed by atoms with Crippen molar-refractivity contribution in [2.45, 2.75) is 37.3 Å². The molecule has 0 radical (unpaired) electrons. The van der Waals surface area contributed by atoms with Gasteiger partial charge in [0.25, 0.3) is 0 Å². The van der Waals surface area contributed by atoms with Crippen LogP contribution in [0, 0.1) is 0 Å². The van der Waals surface area contributed by atoms with Crippen molar-refractivity contribution in [2.75, 3.05) is 6.61 Å². The molecular weight excluding hydrogens is 384 g/mol. The first-order valence-corrected chi connectivity index (χ1v) is 8.92. The smallest absolute Gasteiger partial charge is 0.338 e. The molecule has 9 heteroatoms. The van der Waals surface area contributed by atoms with E-state index in [0.29, 0.717) is 5.56 Å². The van der Waals surface area contributed by atoms with Crippen LogP contribution >= 0.6 is 0 Å². The lowest BCUT2D eigenvalue weighted by Gasteiger charge is -2.40. The Morgan fingerprint density at radius 1 is 1.00 bits per heavy atom. The molecule has 2 aromatic rings. The highest BCUT2D eigenvalue weighted by atomic mass is 16.7. The molecule has 1 saturated heterocycles. The molecule has 29 heavy (non-hydrogen) atoms. The lowest BCUT2D eigenvalue weighted by Crippen LogP contribution is -2.60. The SMILES string of the molecule is O=C(OC[C@@H]1O[C@@H](Oc2ccc(O)cc2CO)[C@H](O)[C@@H](O)[C@@H]1O)c1ccccc1. The van der Waals surface area contributed by atoms with Gasteiger partial charge in [-0.25, -0.2) is 4.79 Å². The van der Waals surface area contributed by atoms with Crippen molar-refractivity contribution in [3.05, 3.63) is 59.7 Å². The fourth-order valence-corrected chi connectivity index (χ4v) is 2.90. The average Bonchev–Trinajstić information content (AvgIpc) is 2.74. The summed E-state index contributed by atoms with van der Waals surface area (Å²) in [6.07, 6.45) is -7.33. The Morgan fingerprint density at radius 3 is 2.41 bits per heavy atom. The predicted octanol–water partition coefficient (Wildman–Crippen LogP) is -0.0721. The maximum Gasteiger partial charge on any atom is 0.338 e. The molecular formula is C20H22O9. The van der Waals surface area contributed by atoms with Gasteiger partial charge in [0.1, 0.15) is 42.5 Å². The molecule has 0 amide bonds. The summed E-state index contributed by atoms with van der Waals surface area (Å²) in [6, 6.07) is 12.2. The number of esters is 1. The van der Waals surface area contributed by atoms with E-state index in [-0.39, 0.29) is 23.7 Å². The topological polar surface area (TPSA) is 146 Å². The van der Waals surface area contributed by atoms with Gasteiger partial charge in [0.05, 0.1) is 12.2 Å². The fraction of sp³-hybridized carbons (Fsp3) is 0.350. The Balaban J connectivity index is 1.69. The summed E-state index contributed by atoms with van der Waals surface area (Å²) in [5, 5.41) is 49.4. The van der Waals surface area contributed by atoms with Crippen molar-refractivity contribution in [3.8, 4) is 11.5 Å². The number of phenols is 1. The van der Waals surface area contributed by atoms with Crippen LogP contribution in [0.5, 0.6) is 11.5 Å². The van der Waals surface area contributed by atoms with E-state index < -0.39 is 43.3 Å². The molecule has 0 aromatic heterocycles. The number of benzene rings is 2. The predicted molar refractivity (Wildman–Crippen MR) is 98.1 cm³/mol. The maximum absolute atomic E-state index is 12.1. The number of aliphatic hydroxyl groups excluding tert-OH is 4. The number of phenolic OH excluding ortho intramolecular Hbond substituents is 1. The number of hydrogen-bond acceptors (Lipinski definition) is 9. The van der Waals surface area contributed by atoms with Gasteiger partial charge in [-0.2, -0.15) is 0 Å². The van der Waals surface area contributed by atoms with Crippen molar-refractivity contribution >= 4 is 5.97 Å². The molecule has 1 heterocycles. The molecule has 156 valence electrons. The zero-order valence-corrected chi connectivity index (χ0v) is 15.3. The van der Waals surface area contributed by atoms with Crippen LogP contribution in [0.4, 0.5) is 0 Å². The van der Waals surface area contributed by atoms with Gasteiger partial charge in [0.2, 0.25) is 6.29 Å². The first-order valence-electron chi connectivity index (χ1n) is 8.92. The second-order valence-electron chi connectivity index (χ2n) is 6.55. The van der Waals surface area contributed by atoms with Crippen molar-refractivity contribution < 1.29 is 44.5 Å². The van der Waals surface area contributed by atoms with Crippen molar-refractivity contribution in [1.29, 1.82) is 0 Å². The van der Waals surface area contributed by atoms with Crippen LogP contribution < -0.4 is 4.74 Å². The van der Waals surface area contributed by atoms with Gasteiger partial charge in [0.15, 0.2) is 0 Å². The molecule has 1 aliphatic heterocycles. The number of ether oxygens (including phenoxy) is 3. The van der Waals surface area contributed by atoms with E-state index in [2.05, 4.69) is 0 Å². The number of rotatable bonds is 6. The van der Waals surface area contributed by atoms with Gasteiger partial charge in [-0.1, -0.05) is 18.2 Å². The number of carbonyl (C=O) groups is 1. The zero-order valence-electron chi connectivity index (χ0n) is 15.3. The van der Waals surface area contributed by atoms with Gasteiger partial charge in [-0.05, 0) is 30.3 Å². The van der Waals surface area contributed by atoms with Gasteiger partial charge < -0.3 is 39.7 Å². The van der Waals surface area contributed by atoms with Crippen molar-refractivity contribution in [3.63, 3.8) is 0 Å². The second-order valence-corrected chi connectivity index (χ2v) is 6.55. The number of hydrogen-bond donors (Lipinski definition) is 5. The van der Waals surface area contributed by atoms with Gasteiger partial charge in [0, 0.05) is 5.56 Å². The monoisotopic (exact) mass is 406 g/mol. The number of carbonyl (C=O) groups excluding carboxylic acids is 1. The van der Waals surface area contributed by atoms with E-state index in [1.165, 1.54) is 18.2 Å². The highest BCUT2D eigenvalue weighted by molar-refractivity contribution is 5.89. The highest BCUT2D eigenvalue weighted by Gasteiger charge is 2.45. The molecule has 1 aliphatic rings. The summed E-state index contributed by atoms with van der Waals surface area (Å²) in [5.74, 6) is -0.619. The summed E-state index contributed by atoms with van der Waals surface area (Å²) < 4.78 is 16.2. The summed E-state index contributed by atoms with van der Waals surface area (Å²) in [6.45, 7) is -0.836. The second kappa shape index (κ2) is 9.21. The van der Waals surface area contributed by atoms with E-state index >= 15 is 0 Å². The lowest BCUT2D eigenvalue weighted by molar-refractivity contribution is -0.277. The third-order valence-corrected chi connectivity index (χ3v) is 4.51. The molecule has 0 bridgehead atoms. The van der Waals surface area contributed by atoms with E-state index in [4.69, 9.17) is 14.2 Å². The van der Waals surface area contributed by atoms with Crippen LogP contribution in [-0.4, -0.2) is 68.8 Å². The van der Waals surface area contributed by atoms with Crippen LogP contribution in [0.2, 0.25) is 0 Å².